The SMILES string of the molecule is CCN(CC)Cc1ccc(N/N=C(\C#N)C(=N)N)cc1. The summed E-state index contributed by atoms with van der Waals surface area (Å²) in [4.78, 5) is 2.32. The summed E-state index contributed by atoms with van der Waals surface area (Å²) < 4.78 is 0. The minimum Gasteiger partial charge on any atom is -0.382 e. The molecule has 0 amide bonds. The quantitative estimate of drug-likeness (QED) is 0.400. The lowest BCUT2D eigenvalue weighted by molar-refractivity contribution is 0.296. The Morgan fingerprint density at radius 1 is 1.35 bits per heavy atom. The third kappa shape index (κ3) is 4.71. The molecule has 0 aliphatic heterocycles. The summed E-state index contributed by atoms with van der Waals surface area (Å²) in [5.74, 6) is -0.349. The second-order valence-electron chi connectivity index (χ2n) is 4.26. The van der Waals surface area contributed by atoms with Crippen molar-refractivity contribution < 1.29 is 0 Å². The van der Waals surface area contributed by atoms with Crippen LogP contribution in [0.25, 0.3) is 0 Å². The van der Waals surface area contributed by atoms with Gasteiger partial charge in [0.25, 0.3) is 0 Å². The number of nitrogens with one attached hydrogen (secondary N) is 2. The number of rotatable bonds is 7. The largest absolute Gasteiger partial charge is 0.382 e. The van der Waals surface area contributed by atoms with Crippen LogP contribution in [0.1, 0.15) is 19.4 Å². The Labute approximate surface area is 119 Å². The highest BCUT2D eigenvalue weighted by Crippen LogP contribution is 2.11. The fraction of sp³-hybridized carbons (Fsp3) is 0.357. The topological polar surface area (TPSA) is 101 Å². The maximum atomic E-state index is 8.72. The predicted octanol–water partition coefficient (Wildman–Crippen LogP) is 1.76. The molecule has 0 aliphatic rings. The van der Waals surface area contributed by atoms with Crippen LogP contribution in [0.2, 0.25) is 0 Å². The molecular weight excluding hydrogens is 252 g/mol. The lowest BCUT2D eigenvalue weighted by atomic mass is 10.2. The van der Waals surface area contributed by atoms with E-state index in [1.54, 1.807) is 6.07 Å². The van der Waals surface area contributed by atoms with Crippen molar-refractivity contribution in [1.82, 2.24) is 4.90 Å². The molecule has 20 heavy (non-hydrogen) atoms. The maximum absolute atomic E-state index is 8.72. The highest BCUT2D eigenvalue weighted by Gasteiger charge is 2.02. The first-order valence-corrected chi connectivity index (χ1v) is 6.50. The molecular formula is C14H20N6. The number of amidine groups is 1. The summed E-state index contributed by atoms with van der Waals surface area (Å²) in [6, 6.07) is 9.55. The van der Waals surface area contributed by atoms with Gasteiger partial charge in [0.05, 0.1) is 5.69 Å². The van der Waals surface area contributed by atoms with E-state index in [-0.39, 0.29) is 11.5 Å². The minimum absolute atomic E-state index is 0.128. The van der Waals surface area contributed by atoms with Gasteiger partial charge in [-0.2, -0.15) is 10.4 Å². The van der Waals surface area contributed by atoms with E-state index in [0.717, 1.165) is 25.3 Å². The molecule has 0 spiro atoms. The second kappa shape index (κ2) is 7.92. The van der Waals surface area contributed by atoms with Gasteiger partial charge in [0, 0.05) is 6.54 Å². The van der Waals surface area contributed by atoms with Gasteiger partial charge in [0.1, 0.15) is 6.07 Å². The molecule has 1 aromatic rings. The number of hydrazone groups is 1. The molecule has 0 fully saturated rings. The Morgan fingerprint density at radius 2 is 1.95 bits per heavy atom. The number of hydrogen-bond donors (Lipinski definition) is 3. The first-order valence-electron chi connectivity index (χ1n) is 6.50. The molecule has 0 saturated heterocycles. The van der Waals surface area contributed by atoms with Crippen LogP contribution in [0.3, 0.4) is 0 Å². The Hall–Kier alpha value is -2.39. The smallest absolute Gasteiger partial charge is 0.201 e. The zero-order valence-electron chi connectivity index (χ0n) is 11.8. The van der Waals surface area contributed by atoms with Crippen molar-refractivity contribution in [3.63, 3.8) is 0 Å². The molecule has 106 valence electrons. The van der Waals surface area contributed by atoms with Crippen molar-refractivity contribution in [1.29, 1.82) is 10.7 Å². The van der Waals surface area contributed by atoms with Crippen LogP contribution >= 0.6 is 0 Å². The average molecular weight is 272 g/mol. The molecule has 0 bridgehead atoms. The number of anilines is 1. The average Bonchev–Trinajstić information content (AvgIpc) is 2.46. The molecule has 6 nitrogen and oxygen atoms in total. The molecule has 4 N–H and O–H groups in total. The van der Waals surface area contributed by atoms with Crippen LogP contribution in [-0.4, -0.2) is 29.5 Å². The standard InChI is InChI=1S/C14H20N6/c1-3-20(4-2)10-11-5-7-12(8-6-11)18-19-13(9-15)14(16)17/h5-8,18H,3-4,10H2,1-2H3,(H3,16,17)/b19-13+. The Balaban J connectivity index is 2.68. The third-order valence-corrected chi connectivity index (χ3v) is 2.91. The molecule has 0 radical (unpaired) electrons. The zero-order chi connectivity index (χ0) is 15.0. The highest BCUT2D eigenvalue weighted by molar-refractivity contribution is 6.45. The van der Waals surface area contributed by atoms with Crippen LogP contribution in [0, 0.1) is 16.7 Å². The van der Waals surface area contributed by atoms with Gasteiger partial charge < -0.3 is 5.73 Å². The van der Waals surface area contributed by atoms with Crippen molar-refractivity contribution in [2.24, 2.45) is 10.8 Å². The normalized spacial score (nSPS) is 11.2. The molecule has 0 unspecified atom stereocenters. The number of benzene rings is 1. The van der Waals surface area contributed by atoms with Crippen LogP contribution in [-0.2, 0) is 6.54 Å². The van der Waals surface area contributed by atoms with Crippen LogP contribution in [0.15, 0.2) is 29.4 Å². The van der Waals surface area contributed by atoms with Gasteiger partial charge in [0.2, 0.25) is 5.71 Å². The summed E-state index contributed by atoms with van der Waals surface area (Å²) in [6.07, 6.45) is 0. The molecule has 0 aromatic heterocycles. The Bertz CT molecular complexity index is 507. The molecule has 6 heteroatoms. The molecule has 0 heterocycles. The van der Waals surface area contributed by atoms with E-state index in [9.17, 15) is 0 Å². The van der Waals surface area contributed by atoms with Gasteiger partial charge in [-0.3, -0.25) is 15.7 Å². The predicted molar refractivity (Wildman–Crippen MR) is 81.7 cm³/mol. The maximum Gasteiger partial charge on any atom is 0.201 e. The van der Waals surface area contributed by atoms with Gasteiger partial charge in [0.15, 0.2) is 5.84 Å². The highest BCUT2D eigenvalue weighted by atomic mass is 15.3. The molecule has 0 aliphatic carbocycles. The van der Waals surface area contributed by atoms with Crippen molar-refractivity contribution in [3.05, 3.63) is 29.8 Å². The number of nitrogens with zero attached hydrogens (tertiary/aromatic N) is 3. The van der Waals surface area contributed by atoms with Crippen LogP contribution in [0.5, 0.6) is 0 Å². The van der Waals surface area contributed by atoms with Crippen molar-refractivity contribution in [3.8, 4) is 6.07 Å². The van der Waals surface area contributed by atoms with Crippen LogP contribution in [0.4, 0.5) is 5.69 Å². The van der Waals surface area contributed by atoms with E-state index in [1.165, 1.54) is 5.56 Å². The van der Waals surface area contributed by atoms with Gasteiger partial charge in [-0.25, -0.2) is 0 Å². The Kier molecular flexibility index (Phi) is 6.20. The lowest BCUT2D eigenvalue weighted by Gasteiger charge is -2.17. The van der Waals surface area contributed by atoms with E-state index < -0.39 is 0 Å². The van der Waals surface area contributed by atoms with Gasteiger partial charge in [-0.1, -0.05) is 26.0 Å². The fourth-order valence-electron chi connectivity index (χ4n) is 1.66. The summed E-state index contributed by atoms with van der Waals surface area (Å²) in [6.45, 7) is 7.22. The fourth-order valence-corrected chi connectivity index (χ4v) is 1.66. The summed E-state index contributed by atoms with van der Waals surface area (Å²) >= 11 is 0. The van der Waals surface area contributed by atoms with E-state index in [2.05, 4.69) is 29.3 Å². The summed E-state index contributed by atoms with van der Waals surface area (Å²) in [5, 5.41) is 19.7. The number of hydrogen-bond acceptors (Lipinski definition) is 5. The minimum atomic E-state index is -0.349. The molecule has 1 aromatic carbocycles. The molecule has 0 saturated carbocycles. The van der Waals surface area contributed by atoms with Gasteiger partial charge >= 0.3 is 0 Å². The second-order valence-corrected chi connectivity index (χ2v) is 4.26. The van der Waals surface area contributed by atoms with Crippen molar-refractivity contribution in [2.45, 2.75) is 20.4 Å². The van der Waals surface area contributed by atoms with E-state index in [1.807, 2.05) is 24.3 Å². The first kappa shape index (κ1) is 15.7. The van der Waals surface area contributed by atoms with Crippen molar-refractivity contribution >= 4 is 17.2 Å². The van der Waals surface area contributed by atoms with Gasteiger partial charge in [-0.15, -0.1) is 0 Å². The monoisotopic (exact) mass is 272 g/mol. The number of nitriles is 1. The van der Waals surface area contributed by atoms with Crippen molar-refractivity contribution in [2.75, 3.05) is 18.5 Å². The van der Waals surface area contributed by atoms with Gasteiger partial charge in [-0.05, 0) is 30.8 Å². The van der Waals surface area contributed by atoms with E-state index >= 15 is 0 Å². The van der Waals surface area contributed by atoms with Crippen LogP contribution < -0.4 is 11.2 Å². The molecule has 1 rings (SSSR count). The third-order valence-electron chi connectivity index (χ3n) is 2.91. The number of nitrogens with two attached hydrogens (primary N) is 1. The van der Waals surface area contributed by atoms with E-state index in [4.69, 9.17) is 16.4 Å². The summed E-state index contributed by atoms with van der Waals surface area (Å²) in [5.41, 5.74) is 9.76. The summed E-state index contributed by atoms with van der Waals surface area (Å²) in [7, 11) is 0. The Morgan fingerprint density at radius 3 is 2.40 bits per heavy atom. The zero-order valence-corrected chi connectivity index (χ0v) is 11.8. The molecule has 0 atom stereocenters. The lowest BCUT2D eigenvalue weighted by Crippen LogP contribution is -2.22. The van der Waals surface area contributed by atoms with E-state index in [0.29, 0.717) is 0 Å². The first-order chi connectivity index (χ1) is 9.60.